The molecule has 2 aromatic rings. The molecule has 4 saturated carbocycles. The summed E-state index contributed by atoms with van der Waals surface area (Å²) in [7, 11) is 0. The molecular formula is C22H28N6O3S. The van der Waals surface area contributed by atoms with E-state index in [1.807, 2.05) is 0 Å². The van der Waals surface area contributed by atoms with Crippen molar-refractivity contribution < 1.29 is 14.4 Å². The SMILES string of the molecule is NC(=O)c1cc(-c2csc(NC(=O)CCNC(=O)NC34CC5CC(CC(C5)C3)C4)n2)c[nH]1. The van der Waals surface area contributed by atoms with Gasteiger partial charge in [-0.3, -0.25) is 9.59 Å². The monoisotopic (exact) mass is 456 g/mol. The van der Waals surface area contributed by atoms with Crippen LogP contribution in [0.3, 0.4) is 0 Å². The van der Waals surface area contributed by atoms with E-state index in [0.29, 0.717) is 16.5 Å². The molecule has 0 saturated heterocycles. The van der Waals surface area contributed by atoms with Gasteiger partial charge in [-0.15, -0.1) is 11.3 Å². The van der Waals surface area contributed by atoms with Crippen LogP contribution >= 0.6 is 11.3 Å². The number of nitrogens with one attached hydrogen (secondary N) is 4. The normalized spacial score (nSPS) is 27.8. The highest BCUT2D eigenvalue weighted by atomic mass is 32.1. The van der Waals surface area contributed by atoms with Crippen LogP contribution in [0.1, 0.15) is 55.4 Å². The number of hydrogen-bond acceptors (Lipinski definition) is 5. The minimum absolute atomic E-state index is 0.0367. The summed E-state index contributed by atoms with van der Waals surface area (Å²) in [6, 6.07) is 1.45. The molecule has 0 radical (unpaired) electrons. The molecule has 9 nitrogen and oxygen atoms in total. The predicted octanol–water partition coefficient (Wildman–Crippen LogP) is 2.83. The number of H-pyrrole nitrogens is 1. The topological polar surface area (TPSA) is 142 Å². The van der Waals surface area contributed by atoms with Crippen LogP contribution in [0.4, 0.5) is 9.93 Å². The molecule has 4 bridgehead atoms. The van der Waals surface area contributed by atoms with Crippen LogP contribution in [0.2, 0.25) is 0 Å². The maximum absolute atomic E-state index is 12.5. The number of carbonyl (C=O) groups excluding carboxylic acids is 3. The number of aromatic nitrogens is 2. The molecular weight excluding hydrogens is 428 g/mol. The van der Waals surface area contributed by atoms with Crippen molar-refractivity contribution in [1.82, 2.24) is 20.6 Å². The molecule has 0 unspecified atom stereocenters. The summed E-state index contributed by atoms with van der Waals surface area (Å²) in [4.78, 5) is 43.1. The predicted molar refractivity (Wildman–Crippen MR) is 121 cm³/mol. The van der Waals surface area contributed by atoms with Gasteiger partial charge in [0.05, 0.1) is 5.69 Å². The van der Waals surface area contributed by atoms with Crippen LogP contribution in [0.15, 0.2) is 17.6 Å². The minimum atomic E-state index is -0.542. The van der Waals surface area contributed by atoms with Crippen LogP contribution in [0.25, 0.3) is 11.3 Å². The first-order chi connectivity index (χ1) is 15.4. The molecule has 6 rings (SSSR count). The fourth-order valence-electron chi connectivity index (χ4n) is 6.17. The third-order valence-corrected chi connectivity index (χ3v) is 7.81. The highest BCUT2D eigenvalue weighted by Gasteiger charge is 2.51. The Labute approximate surface area is 189 Å². The Morgan fingerprint density at radius 1 is 1.16 bits per heavy atom. The van der Waals surface area contributed by atoms with Gasteiger partial charge >= 0.3 is 6.03 Å². The molecule has 4 amide bonds. The number of aromatic amines is 1. The third kappa shape index (κ3) is 4.36. The largest absolute Gasteiger partial charge is 0.364 e. The number of carbonyl (C=O) groups is 3. The number of anilines is 1. The van der Waals surface area contributed by atoms with E-state index < -0.39 is 5.91 Å². The van der Waals surface area contributed by atoms with Crippen LogP contribution in [0.5, 0.6) is 0 Å². The highest BCUT2D eigenvalue weighted by Crippen LogP contribution is 2.55. The lowest BCUT2D eigenvalue weighted by molar-refractivity contribution is -0.116. The van der Waals surface area contributed by atoms with Gasteiger partial charge in [-0.25, -0.2) is 9.78 Å². The zero-order valence-corrected chi connectivity index (χ0v) is 18.6. The van der Waals surface area contributed by atoms with Crippen molar-refractivity contribution in [3.05, 3.63) is 23.3 Å². The van der Waals surface area contributed by atoms with Crippen molar-refractivity contribution in [2.75, 3.05) is 11.9 Å². The Hall–Kier alpha value is -2.88. The van der Waals surface area contributed by atoms with E-state index in [1.54, 1.807) is 17.6 Å². The number of hydrogen-bond donors (Lipinski definition) is 5. The summed E-state index contributed by atoms with van der Waals surface area (Å²) in [5, 5.41) is 11.1. The smallest absolute Gasteiger partial charge is 0.315 e. The highest BCUT2D eigenvalue weighted by molar-refractivity contribution is 7.14. The molecule has 2 aromatic heterocycles. The van der Waals surface area contributed by atoms with Gasteiger partial charge in [-0.05, 0) is 62.3 Å². The van der Waals surface area contributed by atoms with E-state index >= 15 is 0 Å². The van der Waals surface area contributed by atoms with Crippen LogP contribution in [0, 0.1) is 17.8 Å². The molecule has 0 aliphatic heterocycles. The summed E-state index contributed by atoms with van der Waals surface area (Å²) in [6.45, 7) is 0.266. The van der Waals surface area contributed by atoms with Crippen LogP contribution < -0.4 is 21.7 Å². The molecule has 0 atom stereocenters. The van der Waals surface area contributed by atoms with E-state index in [2.05, 4.69) is 25.9 Å². The Bertz CT molecular complexity index is 1010. The average molecular weight is 457 g/mol. The Morgan fingerprint density at radius 2 is 1.84 bits per heavy atom. The molecule has 32 heavy (non-hydrogen) atoms. The standard InChI is InChI=1S/C22H28N6O3S/c23-19(30)16-6-15(10-25-16)17-11-32-21(26-17)27-18(29)1-2-24-20(31)28-22-7-12-3-13(8-22)5-14(4-12)9-22/h6,10-14,25H,1-5,7-9H2,(H2,23,30)(H2,24,28,31)(H,26,27,29). The quantitative estimate of drug-likeness (QED) is 0.437. The minimum Gasteiger partial charge on any atom is -0.364 e. The number of urea groups is 1. The van der Waals surface area contributed by atoms with E-state index in [1.165, 1.54) is 30.6 Å². The van der Waals surface area contributed by atoms with E-state index in [-0.39, 0.29) is 30.4 Å². The van der Waals surface area contributed by atoms with E-state index in [9.17, 15) is 14.4 Å². The van der Waals surface area contributed by atoms with Crippen molar-refractivity contribution in [3.63, 3.8) is 0 Å². The third-order valence-electron chi connectivity index (χ3n) is 7.05. The van der Waals surface area contributed by atoms with Gasteiger partial charge in [-0.1, -0.05) is 0 Å². The molecule has 0 aromatic carbocycles. The fraction of sp³-hybridized carbons (Fsp3) is 0.545. The van der Waals surface area contributed by atoms with Gasteiger partial charge in [-0.2, -0.15) is 0 Å². The van der Waals surface area contributed by atoms with Crippen molar-refractivity contribution in [1.29, 1.82) is 0 Å². The number of amides is 4. The van der Waals surface area contributed by atoms with E-state index in [0.717, 1.165) is 42.6 Å². The molecule has 170 valence electrons. The second kappa shape index (κ2) is 8.23. The average Bonchev–Trinajstić information content (AvgIpc) is 3.36. The molecule has 10 heteroatoms. The first kappa shape index (κ1) is 21.0. The zero-order chi connectivity index (χ0) is 22.3. The van der Waals surface area contributed by atoms with Crippen LogP contribution in [-0.4, -0.2) is 39.9 Å². The lowest BCUT2D eigenvalue weighted by atomic mass is 9.53. The summed E-state index contributed by atoms with van der Waals surface area (Å²) < 4.78 is 0. The summed E-state index contributed by atoms with van der Waals surface area (Å²) in [5.41, 5.74) is 6.88. The lowest BCUT2D eigenvalue weighted by Crippen LogP contribution is -2.61. The second-order valence-electron chi connectivity index (χ2n) is 9.58. The fourth-order valence-corrected chi connectivity index (χ4v) is 6.90. The maximum atomic E-state index is 12.5. The van der Waals surface area contributed by atoms with Crippen molar-refractivity contribution in [3.8, 4) is 11.3 Å². The summed E-state index contributed by atoms with van der Waals surface area (Å²) >= 11 is 1.29. The summed E-state index contributed by atoms with van der Waals surface area (Å²) in [5.74, 6) is 1.55. The number of nitrogens with zero attached hydrogens (tertiary/aromatic N) is 1. The first-order valence-corrected chi connectivity index (χ1v) is 12.1. The number of nitrogens with two attached hydrogens (primary N) is 1. The molecule has 4 aliphatic rings. The van der Waals surface area contributed by atoms with Crippen molar-refractivity contribution in [2.24, 2.45) is 23.5 Å². The van der Waals surface area contributed by atoms with Gasteiger partial charge in [0.2, 0.25) is 5.91 Å². The van der Waals surface area contributed by atoms with Gasteiger partial charge in [0.1, 0.15) is 5.69 Å². The number of primary amides is 1. The Morgan fingerprint density at radius 3 is 2.47 bits per heavy atom. The van der Waals surface area contributed by atoms with E-state index in [4.69, 9.17) is 5.73 Å². The van der Waals surface area contributed by atoms with Gasteiger partial charge in [0, 0.05) is 35.6 Å². The molecule has 4 aliphatic carbocycles. The zero-order valence-electron chi connectivity index (χ0n) is 17.8. The molecule has 6 N–H and O–H groups in total. The Balaban J connectivity index is 1.07. The first-order valence-electron chi connectivity index (χ1n) is 11.2. The summed E-state index contributed by atoms with van der Waals surface area (Å²) in [6.07, 6.45) is 9.10. The van der Waals surface area contributed by atoms with Gasteiger partial charge < -0.3 is 26.7 Å². The molecule has 0 spiro atoms. The number of thiazole rings is 1. The Kier molecular flexibility index (Phi) is 5.40. The van der Waals surface area contributed by atoms with Gasteiger partial charge in [0.15, 0.2) is 5.13 Å². The van der Waals surface area contributed by atoms with Crippen LogP contribution in [-0.2, 0) is 4.79 Å². The van der Waals surface area contributed by atoms with Crippen molar-refractivity contribution >= 4 is 34.3 Å². The number of rotatable bonds is 7. The lowest BCUT2D eigenvalue weighted by Gasteiger charge is -2.56. The molecule has 2 heterocycles. The molecule has 4 fully saturated rings. The van der Waals surface area contributed by atoms with Crippen molar-refractivity contribution in [2.45, 2.75) is 50.5 Å². The second-order valence-corrected chi connectivity index (χ2v) is 10.4. The maximum Gasteiger partial charge on any atom is 0.315 e. The van der Waals surface area contributed by atoms with Gasteiger partial charge in [0.25, 0.3) is 5.91 Å².